The van der Waals surface area contributed by atoms with Crippen molar-refractivity contribution in [1.29, 1.82) is 0 Å². The summed E-state index contributed by atoms with van der Waals surface area (Å²) in [7, 11) is 0. The normalized spacial score (nSPS) is 14.2. The van der Waals surface area contributed by atoms with Gasteiger partial charge in [-0.3, -0.25) is 4.68 Å². The molecule has 0 radical (unpaired) electrons. The molecule has 1 heterocycles. The highest BCUT2D eigenvalue weighted by Gasteiger charge is 2.19. The summed E-state index contributed by atoms with van der Waals surface area (Å²) in [6.07, 6.45) is 0. The molecule has 2 atom stereocenters. The molecule has 0 aliphatic heterocycles. The summed E-state index contributed by atoms with van der Waals surface area (Å²) >= 11 is 6.07. The number of rotatable bonds is 5. The molecule has 114 valence electrons. The smallest absolute Gasteiger partial charge is 0.0644 e. The number of benzene rings is 1. The van der Waals surface area contributed by atoms with Crippen molar-refractivity contribution in [3.63, 3.8) is 0 Å². The van der Waals surface area contributed by atoms with Gasteiger partial charge in [-0.2, -0.15) is 5.10 Å². The lowest BCUT2D eigenvalue weighted by molar-refractivity contribution is 0.491. The zero-order valence-electron chi connectivity index (χ0n) is 13.4. The lowest BCUT2D eigenvalue weighted by Gasteiger charge is -2.21. The van der Waals surface area contributed by atoms with Gasteiger partial charge in [0.15, 0.2) is 0 Å². The highest BCUT2D eigenvalue weighted by atomic mass is 35.5. The number of aryl methyl sites for hydroxylation is 2. The number of aromatic nitrogens is 2. The third kappa shape index (κ3) is 3.47. The van der Waals surface area contributed by atoms with E-state index in [0.717, 1.165) is 17.3 Å². The van der Waals surface area contributed by atoms with Crippen LogP contribution in [-0.2, 0) is 6.54 Å². The van der Waals surface area contributed by atoms with E-state index in [2.05, 4.69) is 55.8 Å². The molecule has 0 saturated heterocycles. The minimum Gasteiger partial charge on any atom is -0.304 e. The average molecular weight is 306 g/mol. The molecule has 0 fully saturated rings. The van der Waals surface area contributed by atoms with Crippen LogP contribution in [0.5, 0.6) is 0 Å². The molecule has 4 heteroatoms. The Hall–Kier alpha value is -1.32. The molecule has 1 aromatic heterocycles. The number of nitrogens with zero attached hydrogens (tertiary/aromatic N) is 2. The monoisotopic (exact) mass is 305 g/mol. The fourth-order valence-electron chi connectivity index (χ4n) is 2.98. The first-order chi connectivity index (χ1) is 9.93. The van der Waals surface area contributed by atoms with Gasteiger partial charge in [0.05, 0.1) is 5.69 Å². The number of hydrogen-bond acceptors (Lipinski definition) is 2. The van der Waals surface area contributed by atoms with Gasteiger partial charge in [0.25, 0.3) is 0 Å². The lowest BCUT2D eigenvalue weighted by atomic mass is 10.0. The van der Waals surface area contributed by atoms with E-state index in [4.69, 9.17) is 11.6 Å². The van der Waals surface area contributed by atoms with Crippen LogP contribution in [0.4, 0.5) is 0 Å². The van der Waals surface area contributed by atoms with E-state index in [0.29, 0.717) is 0 Å². The van der Waals surface area contributed by atoms with E-state index in [9.17, 15) is 0 Å². The molecule has 2 aromatic rings. The molecular weight excluding hydrogens is 282 g/mol. The summed E-state index contributed by atoms with van der Waals surface area (Å²) in [4.78, 5) is 0. The van der Waals surface area contributed by atoms with Crippen molar-refractivity contribution >= 4 is 11.6 Å². The van der Waals surface area contributed by atoms with E-state index in [1.807, 2.05) is 18.2 Å². The number of nitrogens with one attached hydrogen (secondary N) is 1. The van der Waals surface area contributed by atoms with E-state index in [1.54, 1.807) is 0 Å². The molecule has 0 aliphatic rings. The Morgan fingerprint density at radius 1 is 1.24 bits per heavy atom. The maximum Gasteiger partial charge on any atom is 0.0644 e. The van der Waals surface area contributed by atoms with Crippen LogP contribution in [0.3, 0.4) is 0 Å². The van der Waals surface area contributed by atoms with Gasteiger partial charge in [-0.25, -0.2) is 0 Å². The third-order valence-electron chi connectivity index (χ3n) is 4.02. The first-order valence-electron chi connectivity index (χ1n) is 7.49. The molecule has 0 bridgehead atoms. The summed E-state index contributed by atoms with van der Waals surface area (Å²) in [6.45, 7) is 11.6. The van der Waals surface area contributed by atoms with Crippen molar-refractivity contribution < 1.29 is 0 Å². The van der Waals surface area contributed by atoms with E-state index in [1.165, 1.54) is 16.8 Å². The Morgan fingerprint density at radius 2 is 1.95 bits per heavy atom. The zero-order chi connectivity index (χ0) is 15.6. The average Bonchev–Trinajstić information content (AvgIpc) is 2.73. The van der Waals surface area contributed by atoms with Crippen molar-refractivity contribution in [3.05, 3.63) is 51.8 Å². The zero-order valence-corrected chi connectivity index (χ0v) is 14.2. The first kappa shape index (κ1) is 16.1. The Kier molecular flexibility index (Phi) is 5.07. The number of halogens is 1. The van der Waals surface area contributed by atoms with Gasteiger partial charge in [-0.1, -0.05) is 23.7 Å². The van der Waals surface area contributed by atoms with Crippen molar-refractivity contribution in [2.45, 2.75) is 53.2 Å². The molecule has 1 N–H and O–H groups in total. The fourth-order valence-corrected chi connectivity index (χ4v) is 3.17. The summed E-state index contributed by atoms with van der Waals surface area (Å²) in [6, 6.07) is 8.50. The standard InChI is InChI=1S/C17H24ClN3/c1-6-21-14(5)17(13(4)20-21)12(3)19-11(2)15-8-7-9-16(18)10-15/h7-12,19H,6H2,1-5H3/t11-,12?/m1/s1. The Bertz CT molecular complexity index is 618. The van der Waals surface area contributed by atoms with E-state index >= 15 is 0 Å². The van der Waals surface area contributed by atoms with Crippen LogP contribution < -0.4 is 5.32 Å². The quantitative estimate of drug-likeness (QED) is 0.876. The maximum absolute atomic E-state index is 6.07. The minimum absolute atomic E-state index is 0.238. The highest BCUT2D eigenvalue weighted by Crippen LogP contribution is 2.25. The second-order valence-electron chi connectivity index (χ2n) is 5.57. The first-order valence-corrected chi connectivity index (χ1v) is 7.87. The summed E-state index contributed by atoms with van der Waals surface area (Å²) in [5, 5.41) is 9.02. The topological polar surface area (TPSA) is 29.9 Å². The third-order valence-corrected chi connectivity index (χ3v) is 4.25. The molecule has 2 rings (SSSR count). The fraction of sp³-hybridized carbons (Fsp3) is 0.471. The van der Waals surface area contributed by atoms with Crippen LogP contribution in [0.25, 0.3) is 0 Å². The second kappa shape index (κ2) is 6.63. The van der Waals surface area contributed by atoms with Crippen molar-refractivity contribution in [1.82, 2.24) is 15.1 Å². The summed E-state index contributed by atoms with van der Waals surface area (Å²) in [5.41, 5.74) is 4.85. The minimum atomic E-state index is 0.238. The molecular formula is C17H24ClN3. The molecule has 0 aliphatic carbocycles. The lowest BCUT2D eigenvalue weighted by Crippen LogP contribution is -2.23. The molecule has 0 saturated carbocycles. The molecule has 0 amide bonds. The van der Waals surface area contributed by atoms with E-state index < -0.39 is 0 Å². The van der Waals surface area contributed by atoms with Gasteiger partial charge in [0.2, 0.25) is 0 Å². The van der Waals surface area contributed by atoms with Crippen molar-refractivity contribution in [2.24, 2.45) is 0 Å². The van der Waals surface area contributed by atoms with Crippen molar-refractivity contribution in [3.8, 4) is 0 Å². The molecule has 1 aromatic carbocycles. The Balaban J connectivity index is 2.18. The SMILES string of the molecule is CCn1nc(C)c(C(C)N[C@H](C)c2cccc(Cl)c2)c1C. The second-order valence-corrected chi connectivity index (χ2v) is 6.00. The predicted octanol–water partition coefficient (Wildman–Crippen LogP) is 4.59. The summed E-state index contributed by atoms with van der Waals surface area (Å²) in [5.74, 6) is 0. The van der Waals surface area contributed by atoms with Gasteiger partial charge in [-0.15, -0.1) is 0 Å². The van der Waals surface area contributed by atoms with Crippen molar-refractivity contribution in [2.75, 3.05) is 0 Å². The molecule has 21 heavy (non-hydrogen) atoms. The Morgan fingerprint density at radius 3 is 2.52 bits per heavy atom. The number of hydrogen-bond donors (Lipinski definition) is 1. The predicted molar refractivity (Wildman–Crippen MR) is 88.8 cm³/mol. The van der Waals surface area contributed by atoms with Crippen LogP contribution in [0, 0.1) is 13.8 Å². The largest absolute Gasteiger partial charge is 0.304 e. The van der Waals surface area contributed by atoms with Gasteiger partial charge in [0, 0.05) is 34.9 Å². The van der Waals surface area contributed by atoms with Gasteiger partial charge in [-0.05, 0) is 52.3 Å². The molecule has 1 unspecified atom stereocenters. The van der Waals surface area contributed by atoms with Crippen LogP contribution >= 0.6 is 11.6 Å². The molecule has 0 spiro atoms. The van der Waals surface area contributed by atoms with E-state index in [-0.39, 0.29) is 12.1 Å². The summed E-state index contributed by atoms with van der Waals surface area (Å²) < 4.78 is 2.06. The van der Waals surface area contributed by atoms with Gasteiger partial charge in [0.1, 0.15) is 0 Å². The maximum atomic E-state index is 6.07. The van der Waals surface area contributed by atoms with Crippen LogP contribution in [0.15, 0.2) is 24.3 Å². The van der Waals surface area contributed by atoms with Crippen LogP contribution in [0.1, 0.15) is 55.4 Å². The van der Waals surface area contributed by atoms with Crippen LogP contribution in [0.2, 0.25) is 5.02 Å². The van der Waals surface area contributed by atoms with Crippen LogP contribution in [-0.4, -0.2) is 9.78 Å². The molecule has 3 nitrogen and oxygen atoms in total. The Labute approximate surface area is 132 Å². The highest BCUT2D eigenvalue weighted by molar-refractivity contribution is 6.30. The van der Waals surface area contributed by atoms with Gasteiger partial charge < -0.3 is 5.32 Å². The van der Waals surface area contributed by atoms with Gasteiger partial charge >= 0.3 is 0 Å².